The Balaban J connectivity index is 4.17. The SMILES string of the molecule is CC/C=C\C/C=C\C/C=C\CCCCCCCC(=O)OC(COCCCCCCCCCCCCCCCCCCC)COP(=O)(O)OCC(O)CO. The van der Waals surface area contributed by atoms with Crippen LogP contribution in [0.3, 0.4) is 0 Å². The molecule has 0 bridgehead atoms. The molecular weight excluding hydrogens is 691 g/mol. The highest BCUT2D eigenvalue weighted by Gasteiger charge is 2.26. The number of carbonyl (C=O) groups excluding carboxylic acids is 1. The monoisotopic (exact) mass is 773 g/mol. The maximum Gasteiger partial charge on any atom is 0.472 e. The third-order valence-electron chi connectivity index (χ3n) is 9.09. The van der Waals surface area contributed by atoms with E-state index in [2.05, 4.69) is 50.3 Å². The van der Waals surface area contributed by atoms with Crippen molar-refractivity contribution in [1.82, 2.24) is 0 Å². The van der Waals surface area contributed by atoms with Gasteiger partial charge in [0.15, 0.2) is 0 Å². The fourth-order valence-electron chi connectivity index (χ4n) is 5.84. The van der Waals surface area contributed by atoms with E-state index < -0.39 is 39.2 Å². The van der Waals surface area contributed by atoms with Crippen LogP contribution in [0.1, 0.15) is 187 Å². The van der Waals surface area contributed by atoms with Crippen LogP contribution in [0.5, 0.6) is 0 Å². The van der Waals surface area contributed by atoms with Crippen molar-refractivity contribution >= 4 is 13.8 Å². The predicted molar refractivity (Wildman–Crippen MR) is 219 cm³/mol. The first-order valence-electron chi connectivity index (χ1n) is 21.5. The molecule has 0 aromatic carbocycles. The minimum atomic E-state index is -4.52. The summed E-state index contributed by atoms with van der Waals surface area (Å²) in [5.41, 5.74) is 0. The second-order valence-corrected chi connectivity index (χ2v) is 15.8. The quantitative estimate of drug-likeness (QED) is 0.0240. The molecule has 0 rings (SSSR count). The maximum atomic E-state index is 12.6. The van der Waals surface area contributed by atoms with Gasteiger partial charge in [0.05, 0.1) is 26.4 Å². The number of hydrogen-bond donors (Lipinski definition) is 3. The number of rotatable bonds is 41. The lowest BCUT2D eigenvalue weighted by Gasteiger charge is -2.20. The summed E-state index contributed by atoms with van der Waals surface area (Å²) in [5.74, 6) is -0.398. The fourth-order valence-corrected chi connectivity index (χ4v) is 6.63. The summed E-state index contributed by atoms with van der Waals surface area (Å²) in [4.78, 5) is 22.5. The largest absolute Gasteiger partial charge is 0.472 e. The molecule has 9 nitrogen and oxygen atoms in total. The van der Waals surface area contributed by atoms with Gasteiger partial charge in [0.25, 0.3) is 0 Å². The van der Waals surface area contributed by atoms with Crippen LogP contribution in [0.15, 0.2) is 36.5 Å². The van der Waals surface area contributed by atoms with E-state index in [1.165, 1.54) is 96.3 Å². The molecule has 53 heavy (non-hydrogen) atoms. The fraction of sp³-hybridized carbons (Fsp3) is 0.837. The molecule has 312 valence electrons. The molecule has 0 spiro atoms. The van der Waals surface area contributed by atoms with Crippen molar-refractivity contribution in [2.75, 3.05) is 33.0 Å². The van der Waals surface area contributed by atoms with Gasteiger partial charge in [-0.3, -0.25) is 13.8 Å². The Morgan fingerprint density at radius 2 is 1.08 bits per heavy atom. The highest BCUT2D eigenvalue weighted by atomic mass is 31.2. The third-order valence-corrected chi connectivity index (χ3v) is 10.0. The molecular formula is C43H81O9P. The molecule has 0 heterocycles. The first-order valence-corrected chi connectivity index (χ1v) is 23.0. The van der Waals surface area contributed by atoms with E-state index >= 15 is 0 Å². The Bertz CT molecular complexity index is 923. The smallest absolute Gasteiger partial charge is 0.457 e. The van der Waals surface area contributed by atoms with Crippen LogP contribution in [-0.2, 0) is 27.9 Å². The lowest BCUT2D eigenvalue weighted by Crippen LogP contribution is -2.29. The second-order valence-electron chi connectivity index (χ2n) is 14.3. The molecule has 0 saturated carbocycles. The van der Waals surface area contributed by atoms with E-state index in [1.807, 2.05) is 0 Å². The van der Waals surface area contributed by atoms with Crippen LogP contribution < -0.4 is 0 Å². The first-order chi connectivity index (χ1) is 25.8. The Kier molecular flexibility index (Phi) is 39.3. The van der Waals surface area contributed by atoms with E-state index in [9.17, 15) is 19.4 Å². The molecule has 0 amide bonds. The minimum absolute atomic E-state index is 0.0447. The van der Waals surface area contributed by atoms with Gasteiger partial charge < -0.3 is 24.6 Å². The van der Waals surface area contributed by atoms with Gasteiger partial charge in [-0.05, 0) is 44.9 Å². The summed E-state index contributed by atoms with van der Waals surface area (Å²) in [6.07, 6.45) is 42.4. The van der Waals surface area contributed by atoms with Gasteiger partial charge in [-0.15, -0.1) is 0 Å². The van der Waals surface area contributed by atoms with Crippen LogP contribution in [-0.4, -0.2) is 66.3 Å². The number of hydrogen-bond acceptors (Lipinski definition) is 8. The topological polar surface area (TPSA) is 132 Å². The lowest BCUT2D eigenvalue weighted by molar-refractivity contribution is -0.154. The van der Waals surface area contributed by atoms with Crippen LogP contribution in [0.25, 0.3) is 0 Å². The Hall–Kier alpha value is -1.32. The minimum Gasteiger partial charge on any atom is -0.457 e. The van der Waals surface area contributed by atoms with Crippen LogP contribution >= 0.6 is 7.82 Å². The van der Waals surface area contributed by atoms with Crippen molar-refractivity contribution < 1.29 is 43.0 Å². The Morgan fingerprint density at radius 3 is 1.62 bits per heavy atom. The summed E-state index contributed by atoms with van der Waals surface area (Å²) in [6.45, 7) is 3.40. The molecule has 0 aromatic rings. The molecule has 0 aliphatic carbocycles. The number of carbonyl (C=O) groups is 1. The summed E-state index contributed by atoms with van der Waals surface area (Å²) >= 11 is 0. The van der Waals surface area contributed by atoms with Crippen molar-refractivity contribution in [3.05, 3.63) is 36.5 Å². The molecule has 0 radical (unpaired) electrons. The normalized spacial score (nSPS) is 14.4. The highest BCUT2D eigenvalue weighted by molar-refractivity contribution is 7.47. The standard InChI is InChI=1S/C43H81O9P/c1-3-5-7-9-11-13-15-17-19-20-22-24-26-28-30-32-34-36-49-39-42(40-51-53(47,48)50-38-41(45)37-44)52-43(46)35-33-31-29-27-25-23-21-18-16-14-12-10-8-6-4-2/h6,8,12,14,18,21,41-42,44-45H,3-5,7,9-11,13,15-17,19-20,22-40H2,1-2H3,(H,47,48)/b8-6-,14-12-,21-18-. The summed E-state index contributed by atoms with van der Waals surface area (Å²) in [7, 11) is -4.52. The summed E-state index contributed by atoms with van der Waals surface area (Å²) < 4.78 is 33.3. The number of ether oxygens (including phenoxy) is 2. The van der Waals surface area contributed by atoms with E-state index in [-0.39, 0.29) is 19.6 Å². The van der Waals surface area contributed by atoms with Gasteiger partial charge in [0.1, 0.15) is 12.2 Å². The average Bonchev–Trinajstić information content (AvgIpc) is 3.15. The first kappa shape index (κ1) is 51.7. The van der Waals surface area contributed by atoms with Crippen LogP contribution in [0, 0.1) is 0 Å². The number of aliphatic hydroxyl groups excluding tert-OH is 2. The maximum absolute atomic E-state index is 12.6. The highest BCUT2D eigenvalue weighted by Crippen LogP contribution is 2.43. The molecule has 0 saturated heterocycles. The van der Waals surface area contributed by atoms with Gasteiger partial charge in [-0.2, -0.15) is 0 Å². The van der Waals surface area contributed by atoms with Gasteiger partial charge in [-0.25, -0.2) is 4.57 Å². The number of aliphatic hydroxyl groups is 2. The average molecular weight is 773 g/mol. The molecule has 3 atom stereocenters. The molecule has 3 unspecified atom stereocenters. The molecule has 0 aliphatic heterocycles. The van der Waals surface area contributed by atoms with Gasteiger partial charge in [-0.1, -0.05) is 172 Å². The van der Waals surface area contributed by atoms with E-state index in [0.29, 0.717) is 13.0 Å². The number of phosphoric acid groups is 1. The Morgan fingerprint density at radius 1 is 0.604 bits per heavy atom. The van der Waals surface area contributed by atoms with Crippen LogP contribution in [0.4, 0.5) is 0 Å². The molecule has 0 aromatic heterocycles. The van der Waals surface area contributed by atoms with Crippen molar-refractivity contribution in [3.8, 4) is 0 Å². The summed E-state index contributed by atoms with van der Waals surface area (Å²) in [6, 6.07) is 0. The third kappa shape index (κ3) is 40.2. The van der Waals surface area contributed by atoms with E-state index in [0.717, 1.165) is 64.2 Å². The molecule has 0 fully saturated rings. The summed E-state index contributed by atoms with van der Waals surface area (Å²) in [5, 5.41) is 18.3. The Labute approximate surface area is 325 Å². The van der Waals surface area contributed by atoms with Crippen molar-refractivity contribution in [2.24, 2.45) is 0 Å². The number of allylic oxidation sites excluding steroid dienone is 6. The van der Waals surface area contributed by atoms with Crippen LogP contribution in [0.2, 0.25) is 0 Å². The second kappa shape index (κ2) is 40.3. The molecule has 10 heteroatoms. The lowest BCUT2D eigenvalue weighted by atomic mass is 10.0. The van der Waals surface area contributed by atoms with Gasteiger partial charge in [0, 0.05) is 13.0 Å². The van der Waals surface area contributed by atoms with Crippen molar-refractivity contribution in [1.29, 1.82) is 0 Å². The van der Waals surface area contributed by atoms with E-state index in [4.69, 9.17) is 23.6 Å². The van der Waals surface area contributed by atoms with E-state index in [1.54, 1.807) is 0 Å². The van der Waals surface area contributed by atoms with Gasteiger partial charge >= 0.3 is 13.8 Å². The van der Waals surface area contributed by atoms with Crippen molar-refractivity contribution in [2.45, 2.75) is 199 Å². The zero-order valence-corrected chi connectivity index (χ0v) is 34.9. The number of unbranched alkanes of at least 4 members (excludes halogenated alkanes) is 21. The number of phosphoric ester groups is 1. The van der Waals surface area contributed by atoms with Gasteiger partial charge in [0.2, 0.25) is 0 Å². The zero-order chi connectivity index (χ0) is 38.9. The zero-order valence-electron chi connectivity index (χ0n) is 34.0. The number of esters is 1. The van der Waals surface area contributed by atoms with Crippen molar-refractivity contribution in [3.63, 3.8) is 0 Å². The molecule has 0 aliphatic rings. The predicted octanol–water partition coefficient (Wildman–Crippen LogP) is 11.6. The molecule has 3 N–H and O–H groups in total.